The highest BCUT2D eigenvalue weighted by molar-refractivity contribution is 5.20. The maximum atomic E-state index is 4.82. The largest absolute Gasteiger partial charge is 0.659 e. The molecule has 3 rings (SSSR count). The van der Waals surface area contributed by atoms with Gasteiger partial charge in [-0.05, 0) is 29.1 Å². The quantitative estimate of drug-likeness (QED) is 0.635. The molecule has 0 N–H and O–H groups in total. The summed E-state index contributed by atoms with van der Waals surface area (Å²) in [5, 5.41) is 4.82. The van der Waals surface area contributed by atoms with E-state index < -0.39 is 0 Å². The Hall–Kier alpha value is -0.0400. The number of nitrogens with zero attached hydrogens (tertiary/aromatic N) is 1. The molecule has 0 spiro atoms. The zero-order chi connectivity index (χ0) is 12.4. The molecule has 0 heterocycles. The summed E-state index contributed by atoms with van der Waals surface area (Å²) < 4.78 is 0. The van der Waals surface area contributed by atoms with Gasteiger partial charge in [0.25, 0.3) is 0 Å². The number of hydrogen-bond donors (Lipinski definition) is 0. The van der Waals surface area contributed by atoms with E-state index in [0.717, 1.165) is 29.6 Å². The lowest BCUT2D eigenvalue weighted by Crippen LogP contribution is -2.37. The van der Waals surface area contributed by atoms with E-state index in [1.807, 2.05) is 0 Å². The Labute approximate surface area is 107 Å². The monoisotopic (exact) mass is 234 g/mol. The molecule has 3 fully saturated rings. The maximum Gasteiger partial charge on any atom is -0.0289 e. The van der Waals surface area contributed by atoms with Gasteiger partial charge in [0.15, 0.2) is 0 Å². The number of hydrogen-bond acceptors (Lipinski definition) is 0. The standard InChI is InChI=1S/C16H28N/c1-10-6-7-11-13(10)14-12(15(14,2)3)8-9-16(11,4)17-5/h10-14H,6-9H2,1-5H3/q-1/t10-,11-,12-,13-,14+,16-/m1/s1. The van der Waals surface area contributed by atoms with Gasteiger partial charge in [0.05, 0.1) is 0 Å². The Bertz CT molecular complexity index is 321. The van der Waals surface area contributed by atoms with Crippen molar-refractivity contribution < 1.29 is 0 Å². The molecule has 3 aliphatic rings. The van der Waals surface area contributed by atoms with E-state index in [-0.39, 0.29) is 0 Å². The van der Waals surface area contributed by atoms with Crippen molar-refractivity contribution in [3.63, 3.8) is 0 Å². The van der Waals surface area contributed by atoms with Gasteiger partial charge in [-0.1, -0.05) is 59.3 Å². The average Bonchev–Trinajstić information content (AvgIpc) is 2.65. The van der Waals surface area contributed by atoms with Crippen molar-refractivity contribution in [3.8, 4) is 0 Å². The molecule has 0 radical (unpaired) electrons. The van der Waals surface area contributed by atoms with Crippen LogP contribution in [0.2, 0.25) is 0 Å². The first kappa shape index (κ1) is 12.0. The molecule has 1 heteroatoms. The van der Waals surface area contributed by atoms with Crippen molar-refractivity contribution in [2.24, 2.45) is 35.0 Å². The van der Waals surface area contributed by atoms with Crippen LogP contribution in [0.4, 0.5) is 0 Å². The predicted molar refractivity (Wildman–Crippen MR) is 73.1 cm³/mol. The van der Waals surface area contributed by atoms with Gasteiger partial charge in [-0.3, -0.25) is 0 Å². The third-order valence-corrected chi connectivity index (χ3v) is 6.88. The number of rotatable bonds is 1. The predicted octanol–water partition coefficient (Wildman–Crippen LogP) is 4.48. The fraction of sp³-hybridized carbons (Fsp3) is 1.00. The van der Waals surface area contributed by atoms with Gasteiger partial charge in [-0.2, -0.15) is 7.05 Å². The van der Waals surface area contributed by atoms with E-state index in [9.17, 15) is 0 Å². The second-order valence-electron chi connectivity index (χ2n) is 7.81. The van der Waals surface area contributed by atoms with Crippen molar-refractivity contribution >= 4 is 0 Å². The van der Waals surface area contributed by atoms with Crippen molar-refractivity contribution in [2.75, 3.05) is 7.05 Å². The van der Waals surface area contributed by atoms with Crippen LogP contribution in [0.15, 0.2) is 0 Å². The van der Waals surface area contributed by atoms with Crippen molar-refractivity contribution in [3.05, 3.63) is 5.32 Å². The van der Waals surface area contributed by atoms with Crippen LogP contribution >= 0.6 is 0 Å². The van der Waals surface area contributed by atoms with Crippen LogP contribution in [-0.4, -0.2) is 12.6 Å². The minimum Gasteiger partial charge on any atom is -0.659 e. The van der Waals surface area contributed by atoms with E-state index in [4.69, 9.17) is 5.32 Å². The molecule has 0 aromatic rings. The van der Waals surface area contributed by atoms with Gasteiger partial charge in [0.1, 0.15) is 0 Å². The summed E-state index contributed by atoms with van der Waals surface area (Å²) >= 11 is 0. The zero-order valence-electron chi connectivity index (χ0n) is 12.2. The molecular weight excluding hydrogens is 206 g/mol. The molecule has 3 aliphatic carbocycles. The molecule has 98 valence electrons. The summed E-state index contributed by atoms with van der Waals surface area (Å²) in [5.41, 5.74) is 0.926. The van der Waals surface area contributed by atoms with Gasteiger partial charge < -0.3 is 5.32 Å². The topological polar surface area (TPSA) is 14.1 Å². The molecule has 17 heavy (non-hydrogen) atoms. The molecule has 6 atom stereocenters. The smallest absolute Gasteiger partial charge is 0.0289 e. The Kier molecular flexibility index (Phi) is 2.47. The Morgan fingerprint density at radius 2 is 1.71 bits per heavy atom. The number of fused-ring (bicyclic) bond motifs is 3. The summed E-state index contributed by atoms with van der Waals surface area (Å²) in [6.07, 6.45) is 5.63. The van der Waals surface area contributed by atoms with E-state index >= 15 is 0 Å². The molecule has 0 aromatic carbocycles. The van der Waals surface area contributed by atoms with Crippen LogP contribution in [0.3, 0.4) is 0 Å². The molecule has 0 saturated heterocycles. The second kappa shape index (κ2) is 3.50. The average molecular weight is 234 g/mol. The van der Waals surface area contributed by atoms with Gasteiger partial charge >= 0.3 is 0 Å². The molecule has 0 amide bonds. The van der Waals surface area contributed by atoms with Crippen LogP contribution in [-0.2, 0) is 0 Å². The van der Waals surface area contributed by atoms with Crippen LogP contribution in [0, 0.1) is 35.0 Å². The van der Waals surface area contributed by atoms with Gasteiger partial charge in [-0.15, -0.1) is 5.54 Å². The Morgan fingerprint density at radius 3 is 2.35 bits per heavy atom. The molecular formula is C16H28N-. The highest BCUT2D eigenvalue weighted by Gasteiger charge is 2.65. The fourth-order valence-electron chi connectivity index (χ4n) is 5.57. The lowest BCUT2D eigenvalue weighted by molar-refractivity contribution is 0.193. The van der Waals surface area contributed by atoms with Crippen LogP contribution in [0.5, 0.6) is 0 Å². The normalized spacial score (nSPS) is 55.9. The summed E-state index contributed by atoms with van der Waals surface area (Å²) in [7, 11) is 2.06. The summed E-state index contributed by atoms with van der Waals surface area (Å²) in [6, 6.07) is 0. The highest BCUT2D eigenvalue weighted by atomic mass is 15.0. The maximum absolute atomic E-state index is 4.82. The van der Waals surface area contributed by atoms with E-state index in [0.29, 0.717) is 11.0 Å². The van der Waals surface area contributed by atoms with Gasteiger partial charge in [-0.25, -0.2) is 0 Å². The van der Waals surface area contributed by atoms with Crippen LogP contribution in [0.25, 0.3) is 5.32 Å². The Balaban J connectivity index is 1.94. The van der Waals surface area contributed by atoms with Crippen molar-refractivity contribution in [1.29, 1.82) is 0 Å². The molecule has 0 aromatic heterocycles. The van der Waals surface area contributed by atoms with Crippen LogP contribution in [0.1, 0.15) is 53.4 Å². The fourth-order valence-corrected chi connectivity index (χ4v) is 5.57. The van der Waals surface area contributed by atoms with Crippen molar-refractivity contribution in [1.82, 2.24) is 0 Å². The SMILES string of the molecule is C[N-][C@]1(C)CC[C@@H]2[C@@H]([C@@H]3[C@H](C)CC[C@H]31)C2(C)C. The summed E-state index contributed by atoms with van der Waals surface area (Å²) in [6.45, 7) is 9.95. The second-order valence-corrected chi connectivity index (χ2v) is 7.81. The lowest BCUT2D eigenvalue weighted by Gasteiger charge is -2.50. The summed E-state index contributed by atoms with van der Waals surface area (Å²) in [5.74, 6) is 4.78. The molecule has 1 nitrogen and oxygen atoms in total. The van der Waals surface area contributed by atoms with E-state index in [2.05, 4.69) is 34.7 Å². The molecule has 0 aliphatic heterocycles. The Morgan fingerprint density at radius 1 is 1.00 bits per heavy atom. The zero-order valence-corrected chi connectivity index (χ0v) is 12.2. The van der Waals surface area contributed by atoms with Gasteiger partial charge in [0, 0.05) is 0 Å². The molecule has 0 bridgehead atoms. The van der Waals surface area contributed by atoms with Crippen LogP contribution < -0.4 is 0 Å². The third kappa shape index (κ3) is 1.47. The third-order valence-electron chi connectivity index (χ3n) is 6.88. The highest BCUT2D eigenvalue weighted by Crippen LogP contribution is 2.71. The minimum absolute atomic E-state index is 0.291. The summed E-state index contributed by atoms with van der Waals surface area (Å²) in [4.78, 5) is 0. The van der Waals surface area contributed by atoms with Gasteiger partial charge in [0.2, 0.25) is 0 Å². The minimum atomic E-state index is 0.291. The van der Waals surface area contributed by atoms with E-state index in [1.54, 1.807) is 0 Å². The lowest BCUT2D eigenvalue weighted by atomic mass is 9.72. The first-order valence-electron chi connectivity index (χ1n) is 7.53. The first-order valence-corrected chi connectivity index (χ1v) is 7.53. The molecule has 0 unspecified atom stereocenters. The van der Waals surface area contributed by atoms with Crippen molar-refractivity contribution in [2.45, 2.75) is 58.9 Å². The van der Waals surface area contributed by atoms with E-state index in [1.165, 1.54) is 25.7 Å². The molecule has 3 saturated carbocycles. The first-order chi connectivity index (χ1) is 7.92.